The molecule has 2 N–H and O–H groups in total. The monoisotopic (exact) mass is 374 g/mol. The standard InChI is InChI=1S/C26H30O2/c1-25(2,3)21-14-8-12-19(23(21)27)17-10-7-11-18(16-17)20-13-9-15-22(24(20)28)26(4,5)6/h7-16,27-28H,1-6H3. The molecule has 2 nitrogen and oxygen atoms in total. The largest absolute Gasteiger partial charge is 0.507 e. The highest BCUT2D eigenvalue weighted by molar-refractivity contribution is 5.80. The summed E-state index contributed by atoms with van der Waals surface area (Å²) in [6, 6.07) is 19.8. The van der Waals surface area contributed by atoms with Crippen LogP contribution in [0, 0.1) is 0 Å². The maximum atomic E-state index is 10.9. The van der Waals surface area contributed by atoms with Gasteiger partial charge in [0.2, 0.25) is 0 Å². The lowest BCUT2D eigenvalue weighted by molar-refractivity contribution is 0.448. The molecule has 0 aliphatic carbocycles. The maximum absolute atomic E-state index is 10.9. The van der Waals surface area contributed by atoms with E-state index in [1.807, 2.05) is 60.7 Å². The number of aromatic hydroxyl groups is 2. The predicted molar refractivity (Wildman–Crippen MR) is 118 cm³/mol. The minimum absolute atomic E-state index is 0.142. The van der Waals surface area contributed by atoms with E-state index in [1.54, 1.807) is 0 Å². The number of rotatable bonds is 2. The van der Waals surface area contributed by atoms with Gasteiger partial charge in [-0.3, -0.25) is 0 Å². The maximum Gasteiger partial charge on any atom is 0.127 e. The van der Waals surface area contributed by atoms with E-state index in [4.69, 9.17) is 0 Å². The third-order valence-electron chi connectivity index (χ3n) is 5.17. The van der Waals surface area contributed by atoms with Crippen LogP contribution in [0.15, 0.2) is 60.7 Å². The summed E-state index contributed by atoms with van der Waals surface area (Å²) in [5, 5.41) is 21.8. The van der Waals surface area contributed by atoms with E-state index in [1.165, 1.54) is 0 Å². The molecule has 0 heterocycles. The number of hydrogen-bond acceptors (Lipinski definition) is 2. The van der Waals surface area contributed by atoms with Gasteiger partial charge in [0, 0.05) is 11.1 Å². The van der Waals surface area contributed by atoms with E-state index in [9.17, 15) is 10.2 Å². The Morgan fingerprint density at radius 3 is 1.25 bits per heavy atom. The van der Waals surface area contributed by atoms with Crippen LogP contribution in [0.3, 0.4) is 0 Å². The molecule has 2 heteroatoms. The van der Waals surface area contributed by atoms with Gasteiger partial charge >= 0.3 is 0 Å². The zero-order valence-corrected chi connectivity index (χ0v) is 17.7. The summed E-state index contributed by atoms with van der Waals surface area (Å²) in [4.78, 5) is 0. The molecule has 0 bridgehead atoms. The Morgan fingerprint density at radius 1 is 0.536 bits per heavy atom. The number of benzene rings is 3. The highest BCUT2D eigenvalue weighted by atomic mass is 16.3. The fraction of sp³-hybridized carbons (Fsp3) is 0.308. The normalized spacial score (nSPS) is 12.2. The molecule has 0 radical (unpaired) electrons. The first kappa shape index (κ1) is 20.0. The molecular weight excluding hydrogens is 344 g/mol. The summed E-state index contributed by atoms with van der Waals surface area (Å²) >= 11 is 0. The Kier molecular flexibility index (Phi) is 5.01. The van der Waals surface area contributed by atoms with Gasteiger partial charge in [0.15, 0.2) is 0 Å². The number of hydrogen-bond donors (Lipinski definition) is 2. The lowest BCUT2D eigenvalue weighted by atomic mass is 9.83. The van der Waals surface area contributed by atoms with Crippen molar-refractivity contribution in [2.45, 2.75) is 52.4 Å². The van der Waals surface area contributed by atoms with Crippen molar-refractivity contribution < 1.29 is 10.2 Å². The molecule has 0 aliphatic heterocycles. The van der Waals surface area contributed by atoms with Crippen molar-refractivity contribution in [2.75, 3.05) is 0 Å². The number of phenols is 2. The van der Waals surface area contributed by atoms with Crippen molar-refractivity contribution in [3.05, 3.63) is 71.8 Å². The average Bonchev–Trinajstić information content (AvgIpc) is 2.60. The molecule has 3 aromatic carbocycles. The Bertz CT molecular complexity index is 923. The van der Waals surface area contributed by atoms with E-state index in [0.717, 1.165) is 33.4 Å². The van der Waals surface area contributed by atoms with Gasteiger partial charge in [0.1, 0.15) is 11.5 Å². The van der Waals surface area contributed by atoms with Gasteiger partial charge in [-0.25, -0.2) is 0 Å². The first-order valence-electron chi connectivity index (χ1n) is 9.76. The second-order valence-electron chi connectivity index (χ2n) is 9.48. The van der Waals surface area contributed by atoms with Crippen LogP contribution >= 0.6 is 0 Å². The fourth-order valence-corrected chi connectivity index (χ4v) is 3.62. The van der Waals surface area contributed by atoms with Crippen molar-refractivity contribution in [1.82, 2.24) is 0 Å². The molecular formula is C26H30O2. The van der Waals surface area contributed by atoms with E-state index < -0.39 is 0 Å². The van der Waals surface area contributed by atoms with E-state index in [2.05, 4.69) is 41.5 Å². The summed E-state index contributed by atoms with van der Waals surface area (Å²) in [5.41, 5.74) is 5.04. The van der Waals surface area contributed by atoms with Gasteiger partial charge in [-0.05, 0) is 39.2 Å². The third kappa shape index (κ3) is 3.77. The Labute approximate surface area is 168 Å². The van der Waals surface area contributed by atoms with Crippen LogP contribution < -0.4 is 0 Å². The molecule has 0 unspecified atom stereocenters. The minimum atomic E-state index is -0.142. The first-order chi connectivity index (χ1) is 13.0. The van der Waals surface area contributed by atoms with Gasteiger partial charge in [0.25, 0.3) is 0 Å². The van der Waals surface area contributed by atoms with Gasteiger partial charge < -0.3 is 10.2 Å². The zero-order chi connectivity index (χ0) is 20.7. The quantitative estimate of drug-likeness (QED) is 0.505. The molecule has 146 valence electrons. The van der Waals surface area contributed by atoms with E-state index >= 15 is 0 Å². The third-order valence-corrected chi connectivity index (χ3v) is 5.17. The second-order valence-corrected chi connectivity index (χ2v) is 9.48. The van der Waals surface area contributed by atoms with Crippen molar-refractivity contribution >= 4 is 0 Å². The molecule has 0 saturated carbocycles. The van der Waals surface area contributed by atoms with Crippen LogP contribution in [0.25, 0.3) is 22.3 Å². The summed E-state index contributed by atoms with van der Waals surface area (Å²) < 4.78 is 0. The molecule has 0 spiro atoms. The second kappa shape index (κ2) is 7.01. The lowest BCUT2D eigenvalue weighted by Crippen LogP contribution is -2.11. The SMILES string of the molecule is CC(C)(C)c1cccc(-c2cccc(-c3cccc(C(C)(C)C)c3O)c2)c1O. The Morgan fingerprint density at radius 2 is 0.893 bits per heavy atom. The molecule has 28 heavy (non-hydrogen) atoms. The Hall–Kier alpha value is -2.74. The van der Waals surface area contributed by atoms with Crippen LogP contribution in [0.4, 0.5) is 0 Å². The van der Waals surface area contributed by atoms with Crippen LogP contribution in [-0.2, 0) is 10.8 Å². The molecule has 0 atom stereocenters. The van der Waals surface area contributed by atoms with Crippen molar-refractivity contribution in [1.29, 1.82) is 0 Å². The van der Waals surface area contributed by atoms with Crippen LogP contribution in [0.2, 0.25) is 0 Å². The molecule has 3 rings (SSSR count). The van der Waals surface area contributed by atoms with E-state index in [0.29, 0.717) is 11.5 Å². The number of para-hydroxylation sites is 2. The van der Waals surface area contributed by atoms with Crippen molar-refractivity contribution in [3.8, 4) is 33.8 Å². The molecule has 0 aromatic heterocycles. The molecule has 0 saturated heterocycles. The average molecular weight is 375 g/mol. The Balaban J connectivity index is 2.14. The summed E-state index contributed by atoms with van der Waals surface area (Å²) in [6.07, 6.45) is 0. The highest BCUT2D eigenvalue weighted by Crippen LogP contribution is 2.42. The van der Waals surface area contributed by atoms with Crippen molar-refractivity contribution in [3.63, 3.8) is 0 Å². The smallest absolute Gasteiger partial charge is 0.127 e. The van der Waals surface area contributed by atoms with Crippen molar-refractivity contribution in [2.24, 2.45) is 0 Å². The molecule has 0 amide bonds. The predicted octanol–water partition coefficient (Wildman–Crippen LogP) is 7.03. The van der Waals surface area contributed by atoms with Gasteiger partial charge in [-0.15, -0.1) is 0 Å². The topological polar surface area (TPSA) is 40.5 Å². The van der Waals surface area contributed by atoms with Gasteiger partial charge in [0.05, 0.1) is 0 Å². The summed E-state index contributed by atoms with van der Waals surface area (Å²) in [6.45, 7) is 12.6. The molecule has 3 aromatic rings. The van der Waals surface area contributed by atoms with Gasteiger partial charge in [-0.1, -0.05) is 96.1 Å². The molecule has 0 fully saturated rings. The highest BCUT2D eigenvalue weighted by Gasteiger charge is 2.22. The minimum Gasteiger partial charge on any atom is -0.507 e. The number of phenolic OH excluding ortho intramolecular Hbond substituents is 2. The first-order valence-corrected chi connectivity index (χ1v) is 9.76. The summed E-state index contributed by atoms with van der Waals surface area (Å²) in [7, 11) is 0. The fourth-order valence-electron chi connectivity index (χ4n) is 3.62. The summed E-state index contributed by atoms with van der Waals surface area (Å²) in [5.74, 6) is 0.639. The zero-order valence-electron chi connectivity index (χ0n) is 17.7. The van der Waals surface area contributed by atoms with E-state index in [-0.39, 0.29) is 10.8 Å². The van der Waals surface area contributed by atoms with Crippen LogP contribution in [0.5, 0.6) is 11.5 Å². The van der Waals surface area contributed by atoms with Crippen LogP contribution in [0.1, 0.15) is 52.7 Å². The molecule has 0 aliphatic rings. The lowest BCUT2D eigenvalue weighted by Gasteiger charge is -2.23. The van der Waals surface area contributed by atoms with Crippen LogP contribution in [-0.4, -0.2) is 10.2 Å². The van der Waals surface area contributed by atoms with Gasteiger partial charge in [-0.2, -0.15) is 0 Å².